The van der Waals surface area contributed by atoms with Crippen molar-refractivity contribution >= 4 is 23.4 Å². The second-order valence-corrected chi connectivity index (χ2v) is 7.41. The molecule has 0 unspecified atom stereocenters. The average Bonchev–Trinajstić information content (AvgIpc) is 3.54. The molecule has 5 rings (SSSR count). The molecule has 0 spiro atoms. The smallest absolute Gasteiger partial charge is 0.234 e. The maximum atomic E-state index is 12.5. The first-order valence-corrected chi connectivity index (χ1v) is 10.3. The van der Waals surface area contributed by atoms with Crippen LogP contribution >= 0.6 is 11.8 Å². The van der Waals surface area contributed by atoms with Gasteiger partial charge in [-0.3, -0.25) is 14.3 Å². The van der Waals surface area contributed by atoms with Crippen LogP contribution in [0.25, 0.3) is 11.5 Å². The lowest BCUT2D eigenvalue weighted by Crippen LogP contribution is -2.14. The number of furan rings is 1. The number of ether oxygens (including phenoxy) is 2. The lowest BCUT2D eigenvalue weighted by molar-refractivity contribution is -0.113. The van der Waals surface area contributed by atoms with E-state index in [9.17, 15) is 4.79 Å². The molecule has 0 radical (unpaired) electrons. The van der Waals surface area contributed by atoms with Crippen molar-refractivity contribution in [2.24, 2.45) is 0 Å². The van der Waals surface area contributed by atoms with Crippen LogP contribution in [0, 0.1) is 0 Å². The number of benzene rings is 1. The van der Waals surface area contributed by atoms with Crippen LogP contribution in [0.5, 0.6) is 11.5 Å². The highest BCUT2D eigenvalue weighted by Gasteiger charge is 2.19. The van der Waals surface area contributed by atoms with Crippen molar-refractivity contribution in [2.75, 3.05) is 17.9 Å². The fourth-order valence-corrected chi connectivity index (χ4v) is 3.74. The van der Waals surface area contributed by atoms with E-state index in [2.05, 4.69) is 25.5 Å². The van der Waals surface area contributed by atoms with Crippen LogP contribution in [0.3, 0.4) is 0 Å². The van der Waals surface area contributed by atoms with Gasteiger partial charge in [0, 0.05) is 24.1 Å². The minimum atomic E-state index is -0.183. The molecule has 0 saturated heterocycles. The van der Waals surface area contributed by atoms with Crippen LogP contribution in [0.15, 0.2) is 64.8 Å². The van der Waals surface area contributed by atoms with Crippen molar-refractivity contribution in [1.82, 2.24) is 24.7 Å². The molecule has 1 aromatic carbocycles. The Morgan fingerprint density at radius 2 is 2.10 bits per heavy atom. The van der Waals surface area contributed by atoms with Crippen LogP contribution in [0.4, 0.5) is 5.69 Å². The Hall–Kier alpha value is -3.86. The number of anilines is 1. The number of thioether (sulfide) groups is 1. The summed E-state index contributed by atoms with van der Waals surface area (Å²) in [5.74, 6) is 2.51. The Bertz CT molecular complexity index is 1200. The van der Waals surface area contributed by atoms with Gasteiger partial charge in [-0.05, 0) is 24.3 Å². The zero-order valence-corrected chi connectivity index (χ0v) is 16.9. The van der Waals surface area contributed by atoms with Crippen LogP contribution in [0.1, 0.15) is 5.76 Å². The van der Waals surface area contributed by atoms with Crippen molar-refractivity contribution in [1.29, 1.82) is 0 Å². The van der Waals surface area contributed by atoms with Gasteiger partial charge >= 0.3 is 0 Å². The van der Waals surface area contributed by atoms with Crippen LogP contribution in [-0.4, -0.2) is 43.2 Å². The van der Waals surface area contributed by atoms with Gasteiger partial charge in [0.2, 0.25) is 12.7 Å². The molecule has 156 valence electrons. The van der Waals surface area contributed by atoms with Crippen LogP contribution < -0.4 is 14.8 Å². The van der Waals surface area contributed by atoms with Crippen molar-refractivity contribution in [3.8, 4) is 23.0 Å². The highest BCUT2D eigenvalue weighted by atomic mass is 32.2. The second kappa shape index (κ2) is 8.48. The molecule has 10 nitrogen and oxygen atoms in total. The Morgan fingerprint density at radius 1 is 1.16 bits per heavy atom. The summed E-state index contributed by atoms with van der Waals surface area (Å²) in [7, 11) is 0. The maximum absolute atomic E-state index is 12.5. The molecule has 3 aromatic heterocycles. The molecular formula is C20H16N6O4S. The fourth-order valence-electron chi connectivity index (χ4n) is 3.00. The highest BCUT2D eigenvalue weighted by Crippen LogP contribution is 2.34. The summed E-state index contributed by atoms with van der Waals surface area (Å²) in [6.45, 7) is 0.583. The first kappa shape index (κ1) is 19.1. The van der Waals surface area contributed by atoms with Gasteiger partial charge in [-0.1, -0.05) is 11.8 Å². The average molecular weight is 436 g/mol. The zero-order chi connectivity index (χ0) is 21.0. The Labute approximate surface area is 180 Å². The molecule has 1 amide bonds. The number of hydrogen-bond acceptors (Lipinski definition) is 9. The molecule has 0 atom stereocenters. The summed E-state index contributed by atoms with van der Waals surface area (Å²) in [6, 6.07) is 8.94. The van der Waals surface area contributed by atoms with Gasteiger partial charge in [0.25, 0.3) is 0 Å². The summed E-state index contributed by atoms with van der Waals surface area (Å²) >= 11 is 1.27. The molecule has 0 aliphatic carbocycles. The number of hydrogen-bond donors (Lipinski definition) is 1. The quantitative estimate of drug-likeness (QED) is 0.436. The van der Waals surface area contributed by atoms with Gasteiger partial charge in [0.1, 0.15) is 11.5 Å². The molecule has 1 aliphatic rings. The molecule has 0 saturated carbocycles. The number of nitrogens with one attached hydrogen (secondary N) is 1. The summed E-state index contributed by atoms with van der Waals surface area (Å²) < 4.78 is 17.9. The largest absolute Gasteiger partial charge is 0.467 e. The third-order valence-corrected chi connectivity index (χ3v) is 5.36. The van der Waals surface area contributed by atoms with E-state index < -0.39 is 0 Å². The minimum Gasteiger partial charge on any atom is -0.467 e. The molecule has 4 aromatic rings. The molecule has 0 fully saturated rings. The lowest BCUT2D eigenvalue weighted by Gasteiger charge is -2.09. The standard InChI is InChI=1S/C20H16N6O4S/c27-18(23-13-3-4-16-17(8-13)30-12-29-16)11-31-20-25-24-19(15-9-21-5-6-22-15)26(20)10-14-2-1-7-28-14/h1-9H,10-12H2,(H,23,27). The van der Waals surface area contributed by atoms with Gasteiger partial charge in [-0.2, -0.15) is 0 Å². The number of carbonyl (C=O) groups is 1. The summed E-state index contributed by atoms with van der Waals surface area (Å²) in [5.41, 5.74) is 1.21. The minimum absolute atomic E-state index is 0.144. The van der Waals surface area contributed by atoms with Gasteiger partial charge in [0.05, 0.1) is 24.8 Å². The van der Waals surface area contributed by atoms with E-state index in [4.69, 9.17) is 13.9 Å². The molecule has 0 bridgehead atoms. The summed E-state index contributed by atoms with van der Waals surface area (Å²) in [4.78, 5) is 20.9. The van der Waals surface area contributed by atoms with E-state index in [1.807, 2.05) is 16.7 Å². The van der Waals surface area contributed by atoms with E-state index in [1.165, 1.54) is 11.8 Å². The third kappa shape index (κ3) is 4.21. The van der Waals surface area contributed by atoms with E-state index in [1.54, 1.807) is 43.1 Å². The van der Waals surface area contributed by atoms with Gasteiger partial charge < -0.3 is 19.2 Å². The predicted molar refractivity (Wildman–Crippen MR) is 111 cm³/mol. The number of nitrogens with zero attached hydrogens (tertiary/aromatic N) is 5. The lowest BCUT2D eigenvalue weighted by atomic mass is 10.3. The number of amides is 1. The summed E-state index contributed by atoms with van der Waals surface area (Å²) in [5, 5.41) is 11.9. The first-order chi connectivity index (χ1) is 15.3. The Balaban J connectivity index is 1.31. The number of rotatable bonds is 7. The van der Waals surface area contributed by atoms with Crippen LogP contribution in [-0.2, 0) is 11.3 Å². The van der Waals surface area contributed by atoms with Crippen molar-refractivity contribution in [2.45, 2.75) is 11.7 Å². The molecule has 1 aliphatic heterocycles. The second-order valence-electron chi connectivity index (χ2n) is 6.47. The van der Waals surface area contributed by atoms with Gasteiger partial charge in [-0.25, -0.2) is 4.98 Å². The van der Waals surface area contributed by atoms with E-state index in [0.717, 1.165) is 5.76 Å². The highest BCUT2D eigenvalue weighted by molar-refractivity contribution is 7.99. The molecule has 4 heterocycles. The SMILES string of the molecule is O=C(CSc1nnc(-c2cnccn2)n1Cc1ccco1)Nc1ccc2c(c1)OCO2. The van der Waals surface area contributed by atoms with E-state index >= 15 is 0 Å². The molecule has 1 N–H and O–H groups in total. The maximum Gasteiger partial charge on any atom is 0.234 e. The fraction of sp³-hybridized carbons (Fsp3) is 0.150. The topological polar surface area (TPSA) is 117 Å². The molecule has 11 heteroatoms. The third-order valence-electron chi connectivity index (χ3n) is 4.39. The Morgan fingerprint density at radius 3 is 2.94 bits per heavy atom. The normalized spacial score (nSPS) is 12.1. The van der Waals surface area contributed by atoms with Gasteiger partial charge in [-0.15, -0.1) is 10.2 Å². The monoisotopic (exact) mass is 436 g/mol. The molecule has 31 heavy (non-hydrogen) atoms. The van der Waals surface area contributed by atoms with E-state index in [-0.39, 0.29) is 18.5 Å². The number of fused-ring (bicyclic) bond motifs is 1. The summed E-state index contributed by atoms with van der Waals surface area (Å²) in [6.07, 6.45) is 6.40. The zero-order valence-electron chi connectivity index (χ0n) is 16.1. The van der Waals surface area contributed by atoms with Crippen molar-refractivity contribution in [3.63, 3.8) is 0 Å². The first-order valence-electron chi connectivity index (χ1n) is 9.30. The number of aromatic nitrogens is 5. The number of carbonyl (C=O) groups excluding carboxylic acids is 1. The van der Waals surface area contributed by atoms with Gasteiger partial charge in [0.15, 0.2) is 22.5 Å². The van der Waals surface area contributed by atoms with E-state index in [0.29, 0.717) is 40.4 Å². The van der Waals surface area contributed by atoms with Crippen LogP contribution in [0.2, 0.25) is 0 Å². The van der Waals surface area contributed by atoms with Crippen molar-refractivity contribution < 1.29 is 18.7 Å². The van der Waals surface area contributed by atoms with Crippen molar-refractivity contribution in [3.05, 3.63) is 60.9 Å². The Kier molecular flexibility index (Phi) is 5.23. The molecular weight excluding hydrogens is 420 g/mol. The predicted octanol–water partition coefficient (Wildman–Crippen LogP) is 2.84.